The number of benzene rings is 2. The van der Waals surface area contributed by atoms with E-state index >= 15 is 0 Å². The highest BCUT2D eigenvalue weighted by Gasteiger charge is 2.52. The minimum Gasteiger partial charge on any atom is -0.504 e. The Labute approximate surface area is 173 Å². The van der Waals surface area contributed by atoms with Gasteiger partial charge in [-0.15, -0.1) is 0 Å². The zero-order chi connectivity index (χ0) is 21.6. The largest absolute Gasteiger partial charge is 0.504 e. The third-order valence-corrected chi connectivity index (χ3v) is 5.93. The molecule has 0 saturated carbocycles. The molecular formula is C22H24O8. The van der Waals surface area contributed by atoms with E-state index in [2.05, 4.69) is 0 Å². The van der Waals surface area contributed by atoms with Crippen LogP contribution in [-0.2, 0) is 14.3 Å². The average molecular weight is 416 g/mol. The fourth-order valence-electron chi connectivity index (χ4n) is 4.63. The molecule has 0 spiro atoms. The van der Waals surface area contributed by atoms with Crippen LogP contribution in [0.15, 0.2) is 24.3 Å². The number of ether oxygens (including phenoxy) is 4. The molecule has 4 atom stereocenters. The van der Waals surface area contributed by atoms with E-state index in [4.69, 9.17) is 18.9 Å². The summed E-state index contributed by atoms with van der Waals surface area (Å²) in [4.78, 5) is 12.8. The molecule has 30 heavy (non-hydrogen) atoms. The highest BCUT2D eigenvalue weighted by Crippen LogP contribution is 2.55. The zero-order valence-corrected chi connectivity index (χ0v) is 16.9. The lowest BCUT2D eigenvalue weighted by molar-refractivity contribution is -0.141. The molecule has 1 saturated heterocycles. The Morgan fingerprint density at radius 1 is 1.00 bits per heavy atom. The smallest absolute Gasteiger partial charge is 0.310 e. The molecule has 8 nitrogen and oxygen atoms in total. The van der Waals surface area contributed by atoms with Crippen molar-refractivity contribution >= 4 is 5.97 Å². The van der Waals surface area contributed by atoms with E-state index < -0.39 is 17.9 Å². The minimum atomic E-state index is -0.572. The number of esters is 1. The molecule has 0 aromatic heterocycles. The number of aromatic hydroxyl groups is 3. The van der Waals surface area contributed by atoms with Gasteiger partial charge in [0.05, 0.1) is 32.8 Å². The number of cyclic esters (lactones) is 1. The van der Waals surface area contributed by atoms with E-state index in [0.717, 1.165) is 0 Å². The van der Waals surface area contributed by atoms with Crippen LogP contribution in [0.1, 0.15) is 35.6 Å². The summed E-state index contributed by atoms with van der Waals surface area (Å²) in [5.41, 5.74) is 1.97. The van der Waals surface area contributed by atoms with Crippen molar-refractivity contribution in [2.75, 3.05) is 27.4 Å². The van der Waals surface area contributed by atoms with Gasteiger partial charge in [0, 0.05) is 18.4 Å². The average Bonchev–Trinajstić information content (AvgIpc) is 3.11. The molecule has 1 aliphatic carbocycles. The quantitative estimate of drug-likeness (QED) is 0.504. The van der Waals surface area contributed by atoms with Gasteiger partial charge in [0.1, 0.15) is 0 Å². The highest BCUT2D eigenvalue weighted by molar-refractivity contribution is 5.79. The van der Waals surface area contributed by atoms with Crippen LogP contribution in [0.25, 0.3) is 0 Å². The first-order valence-corrected chi connectivity index (χ1v) is 9.70. The van der Waals surface area contributed by atoms with Gasteiger partial charge < -0.3 is 34.3 Å². The van der Waals surface area contributed by atoms with Crippen LogP contribution < -0.4 is 9.47 Å². The third kappa shape index (κ3) is 2.99. The Bertz CT molecular complexity index is 960. The second kappa shape index (κ2) is 7.60. The van der Waals surface area contributed by atoms with Crippen LogP contribution >= 0.6 is 0 Å². The first-order valence-electron chi connectivity index (χ1n) is 9.70. The Kier molecular flexibility index (Phi) is 5.11. The Morgan fingerprint density at radius 2 is 1.60 bits per heavy atom. The molecule has 4 rings (SSSR count). The summed E-state index contributed by atoms with van der Waals surface area (Å²) in [5.74, 6) is -2.04. The molecule has 1 aliphatic heterocycles. The number of hydrogen-bond donors (Lipinski definition) is 3. The van der Waals surface area contributed by atoms with Crippen LogP contribution in [0.2, 0.25) is 0 Å². The first kappa shape index (κ1) is 20.2. The number of rotatable bonds is 5. The SMILES string of the molecule is CCO[C@@H]1c2cc(O)c(O)cc2[C@@H](c2cc(OC)c(O)c(OC)c2)[C@H]2C(=O)OC[C@@H]21. The molecule has 0 bridgehead atoms. The molecule has 0 unspecified atom stereocenters. The summed E-state index contributed by atoms with van der Waals surface area (Å²) >= 11 is 0. The number of hydrogen-bond acceptors (Lipinski definition) is 8. The van der Waals surface area contributed by atoms with Gasteiger partial charge in [0.25, 0.3) is 0 Å². The van der Waals surface area contributed by atoms with E-state index in [1.807, 2.05) is 6.92 Å². The van der Waals surface area contributed by atoms with Crippen molar-refractivity contribution in [3.05, 3.63) is 41.0 Å². The number of phenols is 3. The van der Waals surface area contributed by atoms with E-state index in [1.165, 1.54) is 26.4 Å². The Hall–Kier alpha value is -3.13. The maximum absolute atomic E-state index is 12.8. The normalized spacial score (nSPS) is 24.7. The topological polar surface area (TPSA) is 115 Å². The van der Waals surface area contributed by atoms with Gasteiger partial charge in [-0.2, -0.15) is 0 Å². The maximum atomic E-state index is 12.8. The van der Waals surface area contributed by atoms with Gasteiger partial charge in [0.15, 0.2) is 23.0 Å². The van der Waals surface area contributed by atoms with Crippen molar-refractivity contribution in [3.63, 3.8) is 0 Å². The second-order valence-corrected chi connectivity index (χ2v) is 7.42. The number of carbonyl (C=O) groups excluding carboxylic acids is 1. The number of phenolic OH excluding ortho intramolecular Hbond substituents is 3. The van der Waals surface area contributed by atoms with E-state index in [0.29, 0.717) is 23.3 Å². The fourth-order valence-corrected chi connectivity index (χ4v) is 4.63. The van der Waals surface area contributed by atoms with Gasteiger partial charge in [0.2, 0.25) is 5.75 Å². The zero-order valence-electron chi connectivity index (χ0n) is 16.9. The summed E-state index contributed by atoms with van der Waals surface area (Å²) in [7, 11) is 2.85. The molecule has 8 heteroatoms. The molecule has 0 radical (unpaired) electrons. The highest BCUT2D eigenvalue weighted by atomic mass is 16.5. The standard InChI is InChI=1S/C22H24O8/c1-4-29-21-12-8-15(24)14(23)7-11(12)18(19-13(21)9-30-22(19)26)10-5-16(27-2)20(25)17(6-10)28-3/h5-8,13,18-19,21,23-25H,4,9H2,1-3H3/t13-,18+,19-,21+/m0/s1. The van der Waals surface area contributed by atoms with Crippen LogP contribution in [-0.4, -0.2) is 48.7 Å². The first-order chi connectivity index (χ1) is 14.4. The van der Waals surface area contributed by atoms with Crippen LogP contribution in [0.5, 0.6) is 28.7 Å². The van der Waals surface area contributed by atoms with Crippen LogP contribution in [0.4, 0.5) is 0 Å². The monoisotopic (exact) mass is 416 g/mol. The van der Waals surface area contributed by atoms with Crippen molar-refractivity contribution < 1.29 is 39.1 Å². The summed E-state index contributed by atoms with van der Waals surface area (Å²) in [5, 5.41) is 30.7. The van der Waals surface area contributed by atoms with E-state index in [-0.39, 0.29) is 47.2 Å². The lowest BCUT2D eigenvalue weighted by Crippen LogP contribution is -2.35. The fraction of sp³-hybridized carbons (Fsp3) is 0.409. The van der Waals surface area contributed by atoms with Gasteiger partial charge in [-0.25, -0.2) is 0 Å². The number of fused-ring (bicyclic) bond motifs is 2. The van der Waals surface area contributed by atoms with E-state index in [1.54, 1.807) is 12.1 Å². The van der Waals surface area contributed by atoms with Crippen molar-refractivity contribution in [1.82, 2.24) is 0 Å². The second-order valence-electron chi connectivity index (χ2n) is 7.42. The predicted octanol–water partition coefficient (Wildman–Crippen LogP) is 2.83. The number of methoxy groups -OCH3 is 2. The maximum Gasteiger partial charge on any atom is 0.310 e. The van der Waals surface area contributed by atoms with Gasteiger partial charge >= 0.3 is 5.97 Å². The van der Waals surface area contributed by atoms with Gasteiger partial charge in [-0.05, 0) is 47.9 Å². The lowest BCUT2D eigenvalue weighted by atomic mass is 9.66. The molecule has 2 aromatic carbocycles. The Morgan fingerprint density at radius 3 is 2.17 bits per heavy atom. The summed E-state index contributed by atoms with van der Waals surface area (Å²) in [6.07, 6.45) is -0.467. The molecule has 1 heterocycles. The molecular weight excluding hydrogens is 392 g/mol. The molecule has 160 valence electrons. The summed E-state index contributed by atoms with van der Waals surface area (Å²) in [6, 6.07) is 6.21. The van der Waals surface area contributed by atoms with Crippen molar-refractivity contribution in [1.29, 1.82) is 0 Å². The molecule has 3 N–H and O–H groups in total. The van der Waals surface area contributed by atoms with E-state index in [9.17, 15) is 20.1 Å². The minimum absolute atomic E-state index is 0.147. The van der Waals surface area contributed by atoms with Gasteiger partial charge in [-0.3, -0.25) is 4.79 Å². The van der Waals surface area contributed by atoms with Crippen molar-refractivity contribution in [3.8, 4) is 28.7 Å². The summed E-state index contributed by atoms with van der Waals surface area (Å²) < 4.78 is 21.9. The Balaban J connectivity index is 1.98. The van der Waals surface area contributed by atoms with Crippen LogP contribution in [0, 0.1) is 11.8 Å². The predicted molar refractivity (Wildman–Crippen MR) is 105 cm³/mol. The molecule has 2 aliphatic rings. The van der Waals surface area contributed by atoms with Crippen molar-refractivity contribution in [2.24, 2.45) is 11.8 Å². The number of carbonyl (C=O) groups is 1. The summed E-state index contributed by atoms with van der Waals surface area (Å²) in [6.45, 7) is 2.46. The van der Waals surface area contributed by atoms with Crippen LogP contribution in [0.3, 0.4) is 0 Å². The molecule has 0 amide bonds. The lowest BCUT2D eigenvalue weighted by Gasteiger charge is -2.39. The third-order valence-electron chi connectivity index (χ3n) is 5.93. The molecule has 1 fully saturated rings. The molecule has 2 aromatic rings. The van der Waals surface area contributed by atoms with Gasteiger partial charge in [-0.1, -0.05) is 0 Å². The van der Waals surface area contributed by atoms with Crippen molar-refractivity contribution in [2.45, 2.75) is 18.9 Å².